The van der Waals surface area contributed by atoms with Crippen LogP contribution in [0.15, 0.2) is 22.9 Å². The lowest BCUT2D eigenvalue weighted by molar-refractivity contribution is -0.117. The Morgan fingerprint density at radius 3 is 2.45 bits per heavy atom. The van der Waals surface area contributed by atoms with E-state index in [0.29, 0.717) is 63.0 Å². The van der Waals surface area contributed by atoms with Crippen molar-refractivity contribution in [1.82, 2.24) is 14.7 Å². The van der Waals surface area contributed by atoms with Crippen LogP contribution in [0.25, 0.3) is 10.4 Å². The molecule has 2 aliphatic rings. The molecule has 33 heavy (non-hydrogen) atoms. The zero-order valence-corrected chi connectivity index (χ0v) is 20.2. The highest BCUT2D eigenvalue weighted by atomic mass is 32.1. The predicted molar refractivity (Wildman–Crippen MR) is 128 cm³/mol. The second-order valence-corrected chi connectivity index (χ2v) is 9.57. The third kappa shape index (κ3) is 5.72. The third-order valence-electron chi connectivity index (χ3n) is 5.60. The van der Waals surface area contributed by atoms with Gasteiger partial charge in [-0.15, -0.1) is 22.7 Å². The molecule has 0 unspecified atom stereocenters. The van der Waals surface area contributed by atoms with Gasteiger partial charge in [-0.3, -0.25) is 9.69 Å². The zero-order chi connectivity index (χ0) is 23.2. The van der Waals surface area contributed by atoms with Gasteiger partial charge in [0.05, 0.1) is 26.4 Å². The number of nitrogens with zero attached hydrogens (tertiary/aromatic N) is 3. The first-order chi connectivity index (χ1) is 16.1. The van der Waals surface area contributed by atoms with Gasteiger partial charge in [-0.1, -0.05) is 6.07 Å². The Morgan fingerprint density at radius 2 is 1.79 bits per heavy atom. The molecule has 9 nitrogen and oxygen atoms in total. The molecule has 0 aliphatic carbocycles. The van der Waals surface area contributed by atoms with Crippen molar-refractivity contribution >= 4 is 45.6 Å². The second-order valence-electron chi connectivity index (χ2n) is 7.74. The summed E-state index contributed by atoms with van der Waals surface area (Å²) in [6, 6.07) is 3.91. The van der Waals surface area contributed by atoms with Gasteiger partial charge in [0.2, 0.25) is 5.91 Å². The maximum absolute atomic E-state index is 12.8. The lowest BCUT2D eigenvalue weighted by Crippen LogP contribution is -2.55. The molecule has 0 spiro atoms. The summed E-state index contributed by atoms with van der Waals surface area (Å²) in [5, 5.41) is 7.23. The molecule has 0 aromatic carbocycles. The smallest absolute Gasteiger partial charge is 0.341 e. The van der Waals surface area contributed by atoms with E-state index in [1.165, 1.54) is 22.7 Å². The quantitative estimate of drug-likeness (QED) is 0.624. The molecule has 1 N–H and O–H groups in total. The number of carbonyl (C=O) groups excluding carboxylic acids is 3. The van der Waals surface area contributed by atoms with Crippen molar-refractivity contribution in [3.8, 4) is 10.4 Å². The van der Waals surface area contributed by atoms with E-state index >= 15 is 0 Å². The minimum atomic E-state index is -0.437. The number of nitrogens with one attached hydrogen (secondary N) is 1. The number of thiophene rings is 2. The SMILES string of the molecule is CCOC(=O)c1c(-c2cccs2)csc1NC(=O)CN1CCN(C(=O)N2CCOCC2)CC1. The van der Waals surface area contributed by atoms with Crippen LogP contribution < -0.4 is 5.32 Å². The Bertz CT molecular complexity index is 964. The molecule has 0 bridgehead atoms. The summed E-state index contributed by atoms with van der Waals surface area (Å²) in [7, 11) is 0. The first-order valence-electron chi connectivity index (χ1n) is 11.0. The van der Waals surface area contributed by atoms with Gasteiger partial charge < -0.3 is 24.6 Å². The van der Waals surface area contributed by atoms with Crippen LogP contribution in [0.4, 0.5) is 9.80 Å². The standard InChI is InChI=1S/C22H28N4O5S2/c1-2-31-21(28)19-16(17-4-3-13-32-17)15-33-20(19)23-18(27)14-24-5-7-25(8-6-24)22(29)26-9-11-30-12-10-26/h3-4,13,15H,2,5-12,14H2,1H3,(H,23,27). The van der Waals surface area contributed by atoms with Crippen LogP contribution in [0.5, 0.6) is 0 Å². The highest BCUT2D eigenvalue weighted by molar-refractivity contribution is 7.17. The third-order valence-corrected chi connectivity index (χ3v) is 7.40. The van der Waals surface area contributed by atoms with E-state index in [9.17, 15) is 14.4 Å². The molecule has 0 radical (unpaired) electrons. The molecule has 178 valence electrons. The van der Waals surface area contributed by atoms with E-state index in [4.69, 9.17) is 9.47 Å². The average molecular weight is 493 g/mol. The fourth-order valence-corrected chi connectivity index (χ4v) is 5.68. The maximum atomic E-state index is 12.8. The van der Waals surface area contributed by atoms with Crippen molar-refractivity contribution in [2.24, 2.45) is 0 Å². The van der Waals surface area contributed by atoms with Gasteiger partial charge in [0.15, 0.2) is 0 Å². The molecule has 4 heterocycles. The number of piperazine rings is 1. The Labute approximate surface area is 200 Å². The Balaban J connectivity index is 1.34. The normalized spacial score (nSPS) is 17.1. The lowest BCUT2D eigenvalue weighted by atomic mass is 10.1. The Kier molecular flexibility index (Phi) is 7.97. The topological polar surface area (TPSA) is 91.4 Å². The largest absolute Gasteiger partial charge is 0.462 e. The molecule has 2 saturated heterocycles. The van der Waals surface area contributed by atoms with E-state index in [2.05, 4.69) is 5.32 Å². The van der Waals surface area contributed by atoms with Crippen LogP contribution in [0.2, 0.25) is 0 Å². The molecule has 2 aromatic heterocycles. The summed E-state index contributed by atoms with van der Waals surface area (Å²) < 4.78 is 10.6. The first-order valence-corrected chi connectivity index (χ1v) is 12.8. The van der Waals surface area contributed by atoms with Gasteiger partial charge in [-0.25, -0.2) is 9.59 Å². The van der Waals surface area contributed by atoms with Gasteiger partial charge in [0.25, 0.3) is 0 Å². The molecular formula is C22H28N4O5S2. The number of hydrogen-bond acceptors (Lipinski definition) is 8. The Morgan fingerprint density at radius 1 is 1.06 bits per heavy atom. The summed E-state index contributed by atoms with van der Waals surface area (Å²) in [6.07, 6.45) is 0. The Hall–Kier alpha value is -2.47. The van der Waals surface area contributed by atoms with Crippen LogP contribution in [0.3, 0.4) is 0 Å². The van der Waals surface area contributed by atoms with E-state index < -0.39 is 5.97 Å². The number of anilines is 1. The van der Waals surface area contributed by atoms with Crippen molar-refractivity contribution in [3.05, 3.63) is 28.5 Å². The number of rotatable bonds is 6. The number of esters is 1. The molecular weight excluding hydrogens is 464 g/mol. The molecule has 4 rings (SSSR count). The summed E-state index contributed by atoms with van der Waals surface area (Å²) in [5.41, 5.74) is 1.18. The number of hydrogen-bond donors (Lipinski definition) is 1. The zero-order valence-electron chi connectivity index (χ0n) is 18.6. The average Bonchev–Trinajstić information content (AvgIpc) is 3.50. The van der Waals surface area contributed by atoms with Crippen LogP contribution >= 0.6 is 22.7 Å². The minimum absolute atomic E-state index is 0.0428. The van der Waals surface area contributed by atoms with Crippen molar-refractivity contribution in [2.75, 3.05) is 71.0 Å². The van der Waals surface area contributed by atoms with Crippen molar-refractivity contribution in [2.45, 2.75) is 6.92 Å². The fourth-order valence-electron chi connectivity index (χ4n) is 3.89. The predicted octanol–water partition coefficient (Wildman–Crippen LogP) is 2.66. The van der Waals surface area contributed by atoms with Gasteiger partial charge in [0, 0.05) is 55.1 Å². The lowest BCUT2D eigenvalue weighted by Gasteiger charge is -2.38. The van der Waals surface area contributed by atoms with Gasteiger partial charge in [-0.2, -0.15) is 0 Å². The molecule has 0 saturated carbocycles. The first kappa shape index (κ1) is 23.7. The highest BCUT2D eigenvalue weighted by Crippen LogP contribution is 2.38. The maximum Gasteiger partial charge on any atom is 0.341 e. The summed E-state index contributed by atoms with van der Waals surface area (Å²) in [6.45, 7) is 7.05. The van der Waals surface area contributed by atoms with Crippen LogP contribution in [-0.4, -0.2) is 98.2 Å². The highest BCUT2D eigenvalue weighted by Gasteiger charge is 2.28. The summed E-state index contributed by atoms with van der Waals surface area (Å²) in [5.74, 6) is -0.624. The number of carbonyl (C=O) groups is 3. The number of amides is 3. The molecule has 3 amide bonds. The van der Waals surface area contributed by atoms with Crippen molar-refractivity contribution < 1.29 is 23.9 Å². The molecule has 2 fully saturated rings. The second kappa shape index (κ2) is 11.1. The van der Waals surface area contributed by atoms with E-state index in [0.717, 1.165) is 10.4 Å². The van der Waals surface area contributed by atoms with Gasteiger partial charge >= 0.3 is 12.0 Å². The summed E-state index contributed by atoms with van der Waals surface area (Å²) in [4.78, 5) is 44.7. The van der Waals surface area contributed by atoms with Crippen LogP contribution in [0.1, 0.15) is 17.3 Å². The fraction of sp³-hybridized carbons (Fsp3) is 0.500. The van der Waals surface area contributed by atoms with Gasteiger partial charge in [0.1, 0.15) is 10.6 Å². The molecule has 2 aliphatic heterocycles. The molecule has 2 aromatic rings. The minimum Gasteiger partial charge on any atom is -0.462 e. The summed E-state index contributed by atoms with van der Waals surface area (Å²) >= 11 is 2.86. The monoisotopic (exact) mass is 492 g/mol. The van der Waals surface area contributed by atoms with Crippen molar-refractivity contribution in [1.29, 1.82) is 0 Å². The number of ether oxygens (including phenoxy) is 2. The molecule has 0 atom stereocenters. The van der Waals surface area contributed by atoms with E-state index in [1.54, 1.807) is 6.92 Å². The van der Waals surface area contributed by atoms with Crippen molar-refractivity contribution in [3.63, 3.8) is 0 Å². The van der Waals surface area contributed by atoms with Gasteiger partial charge in [-0.05, 0) is 18.4 Å². The van der Waals surface area contributed by atoms with E-state index in [1.807, 2.05) is 37.6 Å². The van der Waals surface area contributed by atoms with E-state index in [-0.39, 0.29) is 25.1 Å². The number of morpholine rings is 1. The number of urea groups is 1. The van der Waals surface area contributed by atoms with Crippen LogP contribution in [0, 0.1) is 0 Å². The molecule has 11 heteroatoms. The van der Waals surface area contributed by atoms with Crippen LogP contribution in [-0.2, 0) is 14.3 Å².